The molecule has 0 bridgehead atoms. The number of aromatic nitrogens is 2. The lowest BCUT2D eigenvalue weighted by atomic mass is 9.96. The monoisotopic (exact) mass is 581 g/mol. The number of nitrogens with one attached hydrogen (secondary N) is 1. The smallest absolute Gasteiger partial charge is 0.336 e. The van der Waals surface area contributed by atoms with Gasteiger partial charge in [0.1, 0.15) is 11.6 Å². The molecule has 0 saturated carbocycles. The molecule has 0 aliphatic carbocycles. The van der Waals surface area contributed by atoms with Gasteiger partial charge in [-0.3, -0.25) is 19.7 Å². The molecule has 0 aliphatic heterocycles. The molecular formula is C27H34N4O10. The minimum atomic E-state index is -3.20. The Morgan fingerprint density at radius 2 is 1.78 bits per heavy atom. The normalized spacial score (nSPS) is 14.5. The number of ether oxygens (including phenoxy) is 1. The van der Waals surface area contributed by atoms with E-state index in [4.69, 9.17) is 34.8 Å². The standard InChI is InChI=1S/C21H26N4O3.C6H8O7/c1-4-22-11-12-24-20-10-7-17(25(26)27)14-19(20)23-21(24)13-16-5-8-18(9-6-16)28-15(2)3;7-3(8)1-6(13,5(11)12)2-4(9)10/h5-10,14-15,22H,4,11-13H2,1-3H3;13H,1-2H2,(H,7,8)(H,9,10)(H,11,12)/i2D3,3D3,15D;. The summed E-state index contributed by atoms with van der Waals surface area (Å²) in [4.78, 5) is 45.8. The second-order valence-electron chi connectivity index (χ2n) is 8.69. The molecule has 222 valence electrons. The van der Waals surface area contributed by atoms with E-state index in [1.807, 2.05) is 11.5 Å². The van der Waals surface area contributed by atoms with Crippen LogP contribution in [0, 0.1) is 10.1 Å². The van der Waals surface area contributed by atoms with Crippen LogP contribution in [0.15, 0.2) is 42.5 Å². The molecule has 0 radical (unpaired) electrons. The number of rotatable bonds is 14. The van der Waals surface area contributed by atoms with Crippen molar-refractivity contribution in [3.8, 4) is 5.75 Å². The number of fused-ring (bicyclic) bond motifs is 1. The van der Waals surface area contributed by atoms with Crippen LogP contribution < -0.4 is 10.1 Å². The number of nitrogens with zero attached hydrogens (tertiary/aromatic N) is 3. The Labute approximate surface area is 245 Å². The highest BCUT2D eigenvalue weighted by atomic mass is 16.6. The molecule has 2 aromatic carbocycles. The van der Waals surface area contributed by atoms with Gasteiger partial charge in [0, 0.05) is 39.9 Å². The molecule has 3 rings (SSSR count). The summed E-state index contributed by atoms with van der Waals surface area (Å²) in [7, 11) is 0. The van der Waals surface area contributed by atoms with E-state index in [0.717, 1.165) is 17.6 Å². The Kier molecular flexibility index (Phi) is 8.32. The summed E-state index contributed by atoms with van der Waals surface area (Å²) in [5.74, 6) is -4.41. The van der Waals surface area contributed by atoms with Crippen LogP contribution in [0.5, 0.6) is 5.75 Å². The van der Waals surface area contributed by atoms with E-state index in [1.54, 1.807) is 18.2 Å². The first-order valence-electron chi connectivity index (χ1n) is 15.6. The van der Waals surface area contributed by atoms with Gasteiger partial charge >= 0.3 is 17.9 Å². The highest BCUT2D eigenvalue weighted by Gasteiger charge is 2.40. The molecule has 0 spiro atoms. The van der Waals surface area contributed by atoms with Crippen LogP contribution in [0.2, 0.25) is 0 Å². The molecule has 3 aromatic rings. The molecule has 5 N–H and O–H groups in total. The van der Waals surface area contributed by atoms with Gasteiger partial charge in [-0.05, 0) is 44.0 Å². The Balaban J connectivity index is 0.000000521. The van der Waals surface area contributed by atoms with Crippen molar-refractivity contribution in [3.63, 3.8) is 0 Å². The van der Waals surface area contributed by atoms with Crippen LogP contribution in [0.3, 0.4) is 0 Å². The number of hydrogen-bond donors (Lipinski definition) is 5. The van der Waals surface area contributed by atoms with Crippen LogP contribution in [0.4, 0.5) is 5.69 Å². The van der Waals surface area contributed by atoms with Crippen LogP contribution in [-0.4, -0.2) is 77.6 Å². The quantitative estimate of drug-likeness (QED) is 0.106. The topological polar surface area (TPSA) is 214 Å². The summed E-state index contributed by atoms with van der Waals surface area (Å²) in [5.41, 5.74) is -0.759. The average molecular weight is 582 g/mol. The molecule has 0 unspecified atom stereocenters. The first-order valence-corrected chi connectivity index (χ1v) is 12.1. The van der Waals surface area contributed by atoms with Gasteiger partial charge in [0.25, 0.3) is 5.69 Å². The molecule has 14 heteroatoms. The van der Waals surface area contributed by atoms with Gasteiger partial charge in [0.05, 0.1) is 36.2 Å². The summed E-state index contributed by atoms with van der Waals surface area (Å²) < 4.78 is 60.0. The second kappa shape index (κ2) is 14.7. The van der Waals surface area contributed by atoms with E-state index >= 15 is 0 Å². The average Bonchev–Trinajstić information content (AvgIpc) is 3.28. The maximum Gasteiger partial charge on any atom is 0.336 e. The summed E-state index contributed by atoms with van der Waals surface area (Å²) in [6.45, 7) is -2.34. The second-order valence-corrected chi connectivity index (χ2v) is 8.69. The van der Waals surface area contributed by atoms with Crippen molar-refractivity contribution >= 4 is 34.6 Å². The summed E-state index contributed by atoms with van der Waals surface area (Å²) in [6.07, 6.45) is -5.04. The Morgan fingerprint density at radius 1 is 1.15 bits per heavy atom. The van der Waals surface area contributed by atoms with Crippen LogP contribution in [0.25, 0.3) is 11.0 Å². The van der Waals surface area contributed by atoms with Gasteiger partial charge in [-0.25, -0.2) is 9.78 Å². The van der Waals surface area contributed by atoms with Gasteiger partial charge in [-0.1, -0.05) is 19.1 Å². The van der Waals surface area contributed by atoms with Crippen LogP contribution >= 0.6 is 0 Å². The number of carbonyl (C=O) groups is 3. The lowest BCUT2D eigenvalue weighted by Gasteiger charge is -2.18. The molecule has 14 nitrogen and oxygen atoms in total. The van der Waals surface area contributed by atoms with Gasteiger partial charge < -0.3 is 35.0 Å². The zero-order valence-electron chi connectivity index (χ0n) is 28.9. The molecule has 1 heterocycles. The molecule has 0 atom stereocenters. The fourth-order valence-electron chi connectivity index (χ4n) is 3.72. The summed E-state index contributed by atoms with van der Waals surface area (Å²) >= 11 is 0. The lowest BCUT2D eigenvalue weighted by Crippen LogP contribution is -2.42. The zero-order chi connectivity index (χ0) is 36.7. The highest BCUT2D eigenvalue weighted by molar-refractivity contribution is 5.88. The van der Waals surface area contributed by atoms with Crippen molar-refractivity contribution in [2.75, 3.05) is 13.1 Å². The Hall–Kier alpha value is -4.56. The van der Waals surface area contributed by atoms with Crippen molar-refractivity contribution in [2.45, 2.75) is 58.1 Å². The minimum absolute atomic E-state index is 0.0516. The van der Waals surface area contributed by atoms with Crippen LogP contribution in [0.1, 0.15) is 54.5 Å². The summed E-state index contributed by atoms with van der Waals surface area (Å²) in [6, 6.07) is 10.6. The number of aliphatic carboxylic acids is 3. The van der Waals surface area contributed by atoms with E-state index < -0.39 is 61.1 Å². The van der Waals surface area contributed by atoms with Crippen molar-refractivity contribution in [1.29, 1.82) is 0 Å². The van der Waals surface area contributed by atoms with Crippen molar-refractivity contribution in [2.24, 2.45) is 0 Å². The van der Waals surface area contributed by atoms with Gasteiger partial charge in [0.15, 0.2) is 5.60 Å². The Bertz CT molecular complexity index is 1600. The number of nitro benzene ring substituents is 1. The third kappa shape index (κ3) is 9.85. The molecule has 0 fully saturated rings. The highest BCUT2D eigenvalue weighted by Crippen LogP contribution is 2.24. The fraction of sp³-hybridized carbons (Fsp3) is 0.407. The number of carboxylic acid groups (broad SMARTS) is 3. The molecule has 0 saturated heterocycles. The summed E-state index contributed by atoms with van der Waals surface area (Å²) in [5, 5.41) is 48.2. The number of imidazole rings is 1. The predicted octanol–water partition coefficient (Wildman–Crippen LogP) is 2.68. The number of hydrogen-bond acceptors (Lipinski definition) is 9. The number of benzene rings is 2. The van der Waals surface area contributed by atoms with Crippen molar-refractivity contribution < 1.29 is 54.1 Å². The van der Waals surface area contributed by atoms with Gasteiger partial charge in [0.2, 0.25) is 0 Å². The first kappa shape index (κ1) is 23.2. The maximum absolute atomic E-state index is 11.2. The molecule has 41 heavy (non-hydrogen) atoms. The third-order valence-electron chi connectivity index (χ3n) is 5.57. The maximum atomic E-state index is 11.2. The number of likely N-dealkylation sites (N-methyl/N-ethyl adjacent to an activating group) is 1. The van der Waals surface area contributed by atoms with Crippen molar-refractivity contribution in [3.05, 3.63) is 64.0 Å². The minimum Gasteiger partial charge on any atom is -0.491 e. The van der Waals surface area contributed by atoms with E-state index in [2.05, 4.69) is 10.3 Å². The van der Waals surface area contributed by atoms with E-state index in [9.17, 15) is 24.5 Å². The zero-order valence-corrected chi connectivity index (χ0v) is 21.9. The first-order chi connectivity index (χ1) is 22.0. The number of aliphatic hydroxyl groups is 1. The SMILES string of the molecule is O=C(O)CC(O)(CC(=O)O)C(=O)O.[2H]C([2H])([2H])C([2H])(Oc1ccc(Cc2nc3cc([N+](=O)[O-])ccc3n2CCNCC)cc1)C([2H])([2H])[2H]. The fourth-order valence-corrected chi connectivity index (χ4v) is 3.72. The largest absolute Gasteiger partial charge is 0.491 e. The van der Waals surface area contributed by atoms with E-state index in [0.29, 0.717) is 30.9 Å². The molecular weight excluding hydrogens is 540 g/mol. The van der Waals surface area contributed by atoms with Crippen LogP contribution in [-0.2, 0) is 27.3 Å². The molecule has 0 aliphatic rings. The molecule has 1 aromatic heterocycles. The third-order valence-corrected chi connectivity index (χ3v) is 5.57. The van der Waals surface area contributed by atoms with E-state index in [-0.39, 0.29) is 11.4 Å². The number of nitro groups is 1. The molecule has 0 amide bonds. The number of non-ortho nitro benzene ring substituents is 1. The van der Waals surface area contributed by atoms with E-state index in [1.165, 1.54) is 24.3 Å². The van der Waals surface area contributed by atoms with Gasteiger partial charge in [-0.2, -0.15) is 0 Å². The number of carboxylic acids is 3. The van der Waals surface area contributed by atoms with Gasteiger partial charge in [-0.15, -0.1) is 0 Å². The lowest BCUT2D eigenvalue weighted by molar-refractivity contribution is -0.384. The predicted molar refractivity (Wildman–Crippen MR) is 147 cm³/mol. The Morgan fingerprint density at radius 3 is 2.29 bits per heavy atom. The van der Waals surface area contributed by atoms with Crippen molar-refractivity contribution in [1.82, 2.24) is 14.9 Å².